The van der Waals surface area contributed by atoms with E-state index in [0.717, 1.165) is 51.4 Å². The Hall–Kier alpha value is -0.660. The zero-order valence-corrected chi connectivity index (χ0v) is 12.2. The van der Waals surface area contributed by atoms with Gasteiger partial charge in [-0.3, -0.25) is 4.79 Å². The number of rotatable bonds is 3. The maximum atomic E-state index is 12.2. The molecule has 2 heterocycles. The van der Waals surface area contributed by atoms with Crippen molar-refractivity contribution in [3.63, 3.8) is 0 Å². The second kappa shape index (κ2) is 6.19. The van der Waals surface area contributed by atoms with E-state index in [9.17, 15) is 13.2 Å². The molecule has 1 amide bonds. The summed E-state index contributed by atoms with van der Waals surface area (Å²) in [5.41, 5.74) is 0. The third-order valence-corrected chi connectivity index (χ3v) is 4.59. The molecule has 2 atom stereocenters. The van der Waals surface area contributed by atoms with E-state index in [2.05, 4.69) is 10.0 Å². The van der Waals surface area contributed by atoms with E-state index < -0.39 is 10.0 Å². The van der Waals surface area contributed by atoms with Crippen LogP contribution in [0.2, 0.25) is 0 Å². The predicted molar refractivity (Wildman–Crippen MR) is 73.2 cm³/mol. The van der Waals surface area contributed by atoms with Gasteiger partial charge in [0.25, 0.3) is 0 Å². The molecule has 2 rings (SSSR count). The van der Waals surface area contributed by atoms with Gasteiger partial charge in [0.1, 0.15) is 0 Å². The molecule has 110 valence electrons. The predicted octanol–water partition coefficient (Wildman–Crippen LogP) is -0.331. The van der Waals surface area contributed by atoms with E-state index in [1.165, 1.54) is 0 Å². The number of nitrogens with one attached hydrogen (secondary N) is 2. The van der Waals surface area contributed by atoms with Crippen LogP contribution in [0.4, 0.5) is 0 Å². The van der Waals surface area contributed by atoms with Crippen molar-refractivity contribution in [2.75, 3.05) is 25.9 Å². The fourth-order valence-corrected chi connectivity index (χ4v) is 3.41. The summed E-state index contributed by atoms with van der Waals surface area (Å²) in [5, 5.41) is 3.51. The standard InChI is InChI=1S/C12H23N3O3S/c1-19(17,18)14-9-12(16)15-8-4-5-10-11(15)6-2-3-7-13-10/h10-11,13-14H,2-9H2,1H3/t10-,11+/m1/s1. The van der Waals surface area contributed by atoms with Gasteiger partial charge in [0.05, 0.1) is 12.8 Å². The molecule has 0 aliphatic carbocycles. The highest BCUT2D eigenvalue weighted by molar-refractivity contribution is 7.88. The fourth-order valence-electron chi connectivity index (χ4n) is 3.02. The van der Waals surface area contributed by atoms with Gasteiger partial charge >= 0.3 is 0 Å². The molecular weight excluding hydrogens is 266 g/mol. The highest BCUT2D eigenvalue weighted by atomic mass is 32.2. The largest absolute Gasteiger partial charge is 0.337 e. The maximum absolute atomic E-state index is 12.2. The minimum absolute atomic E-state index is 0.108. The van der Waals surface area contributed by atoms with Gasteiger partial charge in [-0.1, -0.05) is 6.42 Å². The molecule has 0 radical (unpaired) electrons. The molecule has 2 saturated heterocycles. The first-order valence-corrected chi connectivity index (χ1v) is 8.84. The monoisotopic (exact) mass is 289 g/mol. The highest BCUT2D eigenvalue weighted by Crippen LogP contribution is 2.24. The first kappa shape index (κ1) is 14.7. The van der Waals surface area contributed by atoms with Crippen molar-refractivity contribution in [1.82, 2.24) is 14.9 Å². The Bertz CT molecular complexity index is 424. The number of carbonyl (C=O) groups is 1. The lowest BCUT2D eigenvalue weighted by Gasteiger charge is -2.41. The molecule has 7 heteroatoms. The van der Waals surface area contributed by atoms with Crippen molar-refractivity contribution in [3.05, 3.63) is 0 Å². The van der Waals surface area contributed by atoms with Crippen molar-refractivity contribution < 1.29 is 13.2 Å². The lowest BCUT2D eigenvalue weighted by Crippen LogP contribution is -2.56. The molecule has 2 N–H and O–H groups in total. The summed E-state index contributed by atoms with van der Waals surface area (Å²) < 4.78 is 24.4. The summed E-state index contributed by atoms with van der Waals surface area (Å²) in [6.45, 7) is 1.64. The molecule has 0 bridgehead atoms. The normalized spacial score (nSPS) is 28.6. The van der Waals surface area contributed by atoms with Crippen LogP contribution in [0, 0.1) is 0 Å². The number of nitrogens with zero attached hydrogens (tertiary/aromatic N) is 1. The first-order valence-electron chi connectivity index (χ1n) is 6.95. The Balaban J connectivity index is 1.98. The van der Waals surface area contributed by atoms with Crippen LogP contribution in [0.3, 0.4) is 0 Å². The quantitative estimate of drug-likeness (QED) is 0.745. The van der Waals surface area contributed by atoms with Crippen molar-refractivity contribution in [1.29, 1.82) is 0 Å². The van der Waals surface area contributed by atoms with Crippen molar-refractivity contribution >= 4 is 15.9 Å². The summed E-state index contributed by atoms with van der Waals surface area (Å²) in [4.78, 5) is 14.0. The van der Waals surface area contributed by atoms with Gasteiger partial charge in [0.15, 0.2) is 0 Å². The van der Waals surface area contributed by atoms with Gasteiger partial charge in [-0.15, -0.1) is 0 Å². The average molecular weight is 289 g/mol. The van der Waals surface area contributed by atoms with Crippen LogP contribution in [0.1, 0.15) is 32.1 Å². The van der Waals surface area contributed by atoms with E-state index in [0.29, 0.717) is 6.04 Å². The summed E-state index contributed by atoms with van der Waals surface area (Å²) in [6, 6.07) is 0.601. The van der Waals surface area contributed by atoms with Crippen LogP contribution >= 0.6 is 0 Å². The third kappa shape index (κ3) is 4.15. The van der Waals surface area contributed by atoms with E-state index in [4.69, 9.17) is 0 Å². The zero-order chi connectivity index (χ0) is 13.9. The second-order valence-electron chi connectivity index (χ2n) is 5.45. The molecule has 0 spiro atoms. The van der Waals surface area contributed by atoms with Gasteiger partial charge in [-0.05, 0) is 32.2 Å². The molecule has 2 aliphatic rings. The van der Waals surface area contributed by atoms with Crippen LogP contribution in [0.15, 0.2) is 0 Å². The Morgan fingerprint density at radius 1 is 1.32 bits per heavy atom. The molecule has 0 aromatic carbocycles. The smallest absolute Gasteiger partial charge is 0.237 e. The SMILES string of the molecule is CS(=O)(=O)NCC(=O)N1CCC[C@H]2NCCCC[C@@H]21. The van der Waals surface area contributed by atoms with Crippen LogP contribution in [0.5, 0.6) is 0 Å². The lowest BCUT2D eigenvalue weighted by atomic mass is 9.93. The Kier molecular flexibility index (Phi) is 4.81. The number of piperidine rings is 1. The topological polar surface area (TPSA) is 78.5 Å². The van der Waals surface area contributed by atoms with E-state index in [1.807, 2.05) is 4.90 Å². The van der Waals surface area contributed by atoms with Gasteiger partial charge in [0.2, 0.25) is 15.9 Å². The number of likely N-dealkylation sites (tertiary alicyclic amines) is 1. The van der Waals surface area contributed by atoms with E-state index in [-0.39, 0.29) is 18.5 Å². The molecule has 0 saturated carbocycles. The second-order valence-corrected chi connectivity index (χ2v) is 7.28. The van der Waals surface area contributed by atoms with Crippen LogP contribution in [-0.4, -0.2) is 57.2 Å². The number of hydrogen-bond donors (Lipinski definition) is 2. The van der Waals surface area contributed by atoms with Crippen LogP contribution < -0.4 is 10.0 Å². The van der Waals surface area contributed by atoms with Crippen molar-refractivity contribution in [2.24, 2.45) is 0 Å². The molecule has 2 fully saturated rings. The minimum atomic E-state index is -3.31. The van der Waals surface area contributed by atoms with E-state index >= 15 is 0 Å². The number of hydrogen-bond acceptors (Lipinski definition) is 4. The molecule has 0 unspecified atom stereocenters. The molecule has 0 aromatic heterocycles. The van der Waals surface area contributed by atoms with Gasteiger partial charge in [0, 0.05) is 18.6 Å². The third-order valence-electron chi connectivity index (χ3n) is 3.92. The lowest BCUT2D eigenvalue weighted by molar-refractivity contribution is -0.134. The molecular formula is C12H23N3O3S. The maximum Gasteiger partial charge on any atom is 0.237 e. The van der Waals surface area contributed by atoms with Crippen LogP contribution in [-0.2, 0) is 14.8 Å². The fraction of sp³-hybridized carbons (Fsp3) is 0.917. The van der Waals surface area contributed by atoms with Gasteiger partial charge in [-0.2, -0.15) is 0 Å². The van der Waals surface area contributed by atoms with Crippen molar-refractivity contribution in [3.8, 4) is 0 Å². The zero-order valence-electron chi connectivity index (χ0n) is 11.4. The van der Waals surface area contributed by atoms with Crippen LogP contribution in [0.25, 0.3) is 0 Å². The van der Waals surface area contributed by atoms with Crippen molar-refractivity contribution in [2.45, 2.75) is 44.2 Å². The highest BCUT2D eigenvalue weighted by Gasteiger charge is 2.34. The molecule has 19 heavy (non-hydrogen) atoms. The Morgan fingerprint density at radius 3 is 2.84 bits per heavy atom. The first-order chi connectivity index (χ1) is 8.97. The van der Waals surface area contributed by atoms with E-state index in [1.54, 1.807) is 0 Å². The number of sulfonamides is 1. The number of amides is 1. The summed E-state index contributed by atoms with van der Waals surface area (Å²) in [7, 11) is -3.31. The summed E-state index contributed by atoms with van der Waals surface area (Å²) >= 11 is 0. The minimum Gasteiger partial charge on any atom is -0.337 e. The summed E-state index contributed by atoms with van der Waals surface area (Å²) in [5.74, 6) is -0.108. The number of fused-ring (bicyclic) bond motifs is 1. The Morgan fingerprint density at radius 2 is 2.11 bits per heavy atom. The molecule has 2 aliphatic heterocycles. The summed E-state index contributed by atoms with van der Waals surface area (Å²) in [6.07, 6.45) is 6.45. The van der Waals surface area contributed by atoms with Gasteiger partial charge in [-0.25, -0.2) is 13.1 Å². The molecule has 0 aromatic rings. The van der Waals surface area contributed by atoms with Gasteiger partial charge < -0.3 is 10.2 Å². The number of carbonyl (C=O) groups excluding carboxylic acids is 1. The average Bonchev–Trinajstić information content (AvgIpc) is 2.59. The molecule has 6 nitrogen and oxygen atoms in total. The Labute approximate surface area is 115 Å².